The van der Waals surface area contributed by atoms with Gasteiger partial charge in [0.25, 0.3) is 0 Å². The van der Waals surface area contributed by atoms with Gasteiger partial charge in [-0.2, -0.15) is 4.98 Å². The second kappa shape index (κ2) is 12.2. The van der Waals surface area contributed by atoms with E-state index in [0.717, 1.165) is 55.4 Å². The minimum absolute atomic E-state index is 0.167. The fourth-order valence-electron chi connectivity index (χ4n) is 5.03. The third-order valence-electron chi connectivity index (χ3n) is 7.01. The van der Waals surface area contributed by atoms with Crippen molar-refractivity contribution in [3.8, 4) is 5.75 Å². The molecule has 0 spiro atoms. The van der Waals surface area contributed by atoms with E-state index in [4.69, 9.17) is 0 Å². The SMILES string of the molecule is CNc1nc(N[C@H](C)C2CCC(NCCCc3ccc(S)cc3OC(F)(F)F)CC2)nc2ccccc12. The van der Waals surface area contributed by atoms with E-state index < -0.39 is 6.36 Å². The van der Waals surface area contributed by atoms with Gasteiger partial charge in [-0.05, 0) is 87.7 Å². The Morgan fingerprint density at radius 3 is 2.57 bits per heavy atom. The van der Waals surface area contributed by atoms with E-state index in [1.54, 1.807) is 12.1 Å². The molecule has 1 atom stereocenters. The molecule has 0 aliphatic heterocycles. The Hall–Kier alpha value is -2.72. The number of rotatable bonds is 10. The quantitative estimate of drug-likeness (QED) is 0.178. The number of halogens is 3. The Balaban J connectivity index is 1.22. The lowest BCUT2D eigenvalue weighted by atomic mass is 9.82. The average molecular weight is 534 g/mol. The molecule has 3 N–H and O–H groups in total. The fourth-order valence-corrected chi connectivity index (χ4v) is 5.22. The summed E-state index contributed by atoms with van der Waals surface area (Å²) < 4.78 is 42.3. The summed E-state index contributed by atoms with van der Waals surface area (Å²) in [5.74, 6) is 1.80. The van der Waals surface area contributed by atoms with Crippen molar-refractivity contribution in [3.63, 3.8) is 0 Å². The van der Waals surface area contributed by atoms with Crippen molar-refractivity contribution in [2.75, 3.05) is 24.2 Å². The number of hydrogen-bond donors (Lipinski definition) is 4. The molecule has 37 heavy (non-hydrogen) atoms. The van der Waals surface area contributed by atoms with Crippen molar-refractivity contribution >= 4 is 35.3 Å². The van der Waals surface area contributed by atoms with Crippen molar-refractivity contribution in [3.05, 3.63) is 48.0 Å². The predicted molar refractivity (Wildman–Crippen MR) is 145 cm³/mol. The van der Waals surface area contributed by atoms with E-state index in [2.05, 4.69) is 50.2 Å². The van der Waals surface area contributed by atoms with Crippen LogP contribution in [-0.2, 0) is 6.42 Å². The fraction of sp³-hybridized carbons (Fsp3) is 0.481. The number of anilines is 2. The monoisotopic (exact) mass is 533 g/mol. The molecule has 6 nitrogen and oxygen atoms in total. The molecule has 1 heterocycles. The van der Waals surface area contributed by atoms with Crippen LogP contribution < -0.4 is 20.7 Å². The van der Waals surface area contributed by atoms with Crippen LogP contribution in [0.25, 0.3) is 10.9 Å². The van der Waals surface area contributed by atoms with Crippen LogP contribution in [-0.4, -0.2) is 42.0 Å². The van der Waals surface area contributed by atoms with Gasteiger partial charge in [0, 0.05) is 29.4 Å². The summed E-state index contributed by atoms with van der Waals surface area (Å²) in [5.41, 5.74) is 1.45. The molecule has 0 radical (unpaired) electrons. The van der Waals surface area contributed by atoms with Crippen LogP contribution in [0.4, 0.5) is 24.9 Å². The molecule has 1 aromatic heterocycles. The molecular formula is C27H34F3N5OS. The minimum Gasteiger partial charge on any atom is -0.405 e. The molecular weight excluding hydrogens is 499 g/mol. The van der Waals surface area contributed by atoms with Crippen LogP contribution >= 0.6 is 12.6 Å². The predicted octanol–water partition coefficient (Wildman–Crippen LogP) is 6.44. The highest BCUT2D eigenvalue weighted by Gasteiger charge is 2.32. The molecule has 4 rings (SSSR count). The highest BCUT2D eigenvalue weighted by atomic mass is 32.1. The summed E-state index contributed by atoms with van der Waals surface area (Å²) in [5, 5.41) is 11.2. The summed E-state index contributed by atoms with van der Waals surface area (Å²) >= 11 is 4.13. The maximum atomic E-state index is 12.7. The van der Waals surface area contributed by atoms with Crippen molar-refractivity contribution in [2.24, 2.45) is 5.92 Å². The van der Waals surface area contributed by atoms with Gasteiger partial charge < -0.3 is 20.7 Å². The third kappa shape index (κ3) is 7.64. The average Bonchev–Trinajstić information content (AvgIpc) is 2.86. The van der Waals surface area contributed by atoms with E-state index in [1.807, 2.05) is 31.3 Å². The Morgan fingerprint density at radius 1 is 1.08 bits per heavy atom. The van der Waals surface area contributed by atoms with E-state index in [1.165, 1.54) is 6.07 Å². The van der Waals surface area contributed by atoms with Crippen molar-refractivity contribution in [1.29, 1.82) is 0 Å². The number of aromatic nitrogens is 2. The number of alkyl halides is 3. The van der Waals surface area contributed by atoms with Crippen LogP contribution in [0.15, 0.2) is 47.4 Å². The lowest BCUT2D eigenvalue weighted by Crippen LogP contribution is -2.38. The van der Waals surface area contributed by atoms with Gasteiger partial charge in [0.05, 0.1) is 5.52 Å². The Bertz CT molecular complexity index is 1180. The van der Waals surface area contributed by atoms with Gasteiger partial charge in [0.15, 0.2) is 0 Å². The molecule has 0 bridgehead atoms. The van der Waals surface area contributed by atoms with Gasteiger partial charge in [-0.1, -0.05) is 18.2 Å². The molecule has 2 aromatic carbocycles. The molecule has 0 unspecified atom stereocenters. The Morgan fingerprint density at radius 2 is 1.84 bits per heavy atom. The smallest absolute Gasteiger partial charge is 0.405 e. The molecule has 1 aliphatic rings. The molecule has 10 heteroatoms. The molecule has 1 aliphatic carbocycles. The van der Waals surface area contributed by atoms with Crippen LogP contribution in [0.3, 0.4) is 0 Å². The first-order chi connectivity index (χ1) is 17.7. The zero-order valence-electron chi connectivity index (χ0n) is 21.1. The number of para-hydroxylation sites is 1. The van der Waals surface area contributed by atoms with Crippen LogP contribution in [0, 0.1) is 5.92 Å². The van der Waals surface area contributed by atoms with E-state index in [-0.39, 0.29) is 11.8 Å². The molecule has 3 aromatic rings. The van der Waals surface area contributed by atoms with Gasteiger partial charge in [-0.25, -0.2) is 4.98 Å². The zero-order valence-corrected chi connectivity index (χ0v) is 22.0. The van der Waals surface area contributed by atoms with Gasteiger partial charge in [0.2, 0.25) is 5.95 Å². The maximum absolute atomic E-state index is 12.7. The van der Waals surface area contributed by atoms with Gasteiger partial charge >= 0.3 is 6.36 Å². The second-order valence-electron chi connectivity index (χ2n) is 9.61. The second-order valence-corrected chi connectivity index (χ2v) is 10.1. The number of ether oxygens (including phenoxy) is 1. The number of thiol groups is 1. The topological polar surface area (TPSA) is 71.1 Å². The first kappa shape index (κ1) is 27.3. The highest BCUT2D eigenvalue weighted by molar-refractivity contribution is 7.80. The first-order valence-corrected chi connectivity index (χ1v) is 13.2. The highest BCUT2D eigenvalue weighted by Crippen LogP contribution is 2.31. The number of nitrogens with zero attached hydrogens (tertiary/aromatic N) is 2. The summed E-state index contributed by atoms with van der Waals surface area (Å²) in [7, 11) is 1.86. The van der Waals surface area contributed by atoms with Crippen LogP contribution in [0.2, 0.25) is 0 Å². The molecule has 0 saturated heterocycles. The molecule has 1 fully saturated rings. The van der Waals surface area contributed by atoms with Gasteiger partial charge in [0.1, 0.15) is 11.6 Å². The lowest BCUT2D eigenvalue weighted by molar-refractivity contribution is -0.275. The van der Waals surface area contributed by atoms with Crippen LogP contribution in [0.5, 0.6) is 5.75 Å². The number of fused-ring (bicyclic) bond motifs is 1. The summed E-state index contributed by atoms with van der Waals surface area (Å²) in [4.78, 5) is 9.78. The molecule has 1 saturated carbocycles. The van der Waals surface area contributed by atoms with Crippen molar-refractivity contribution in [1.82, 2.24) is 15.3 Å². The van der Waals surface area contributed by atoms with Gasteiger partial charge in [-0.3, -0.25) is 0 Å². The minimum atomic E-state index is -4.71. The third-order valence-corrected chi connectivity index (χ3v) is 7.29. The summed E-state index contributed by atoms with van der Waals surface area (Å²) in [6.45, 7) is 2.93. The maximum Gasteiger partial charge on any atom is 0.573 e. The Kier molecular flexibility index (Phi) is 9.02. The molecule has 0 amide bonds. The van der Waals surface area contributed by atoms with Crippen LogP contribution in [0.1, 0.15) is 44.6 Å². The van der Waals surface area contributed by atoms with E-state index >= 15 is 0 Å². The van der Waals surface area contributed by atoms with Gasteiger partial charge in [-0.15, -0.1) is 25.8 Å². The largest absolute Gasteiger partial charge is 0.573 e. The first-order valence-electron chi connectivity index (χ1n) is 12.7. The standard InChI is InChI=1S/C27H34F3N5OS/c1-17(33-26-34-23-8-4-3-7-22(23)25(31-2)35-26)18-9-12-20(13-10-18)32-15-5-6-19-11-14-21(37)16-24(19)36-27(28,29)30/h3-4,7-8,11,14,16-18,20,32,37H,5-6,9-10,12-13,15H2,1-2H3,(H2,31,33,34,35)/t17-,18?,20?/m1/s1. The van der Waals surface area contributed by atoms with Crippen molar-refractivity contribution < 1.29 is 17.9 Å². The Labute approximate surface area is 221 Å². The van der Waals surface area contributed by atoms with E-state index in [0.29, 0.717) is 34.8 Å². The summed E-state index contributed by atoms with van der Waals surface area (Å²) in [6.07, 6.45) is 0.821. The number of aryl methyl sites for hydroxylation is 1. The molecule has 200 valence electrons. The lowest BCUT2D eigenvalue weighted by Gasteiger charge is -2.33. The number of nitrogens with one attached hydrogen (secondary N) is 3. The summed E-state index contributed by atoms with van der Waals surface area (Å²) in [6, 6.07) is 13.3. The number of hydrogen-bond acceptors (Lipinski definition) is 7. The zero-order chi connectivity index (χ0) is 26.4. The number of benzene rings is 2. The van der Waals surface area contributed by atoms with E-state index in [9.17, 15) is 13.2 Å². The normalized spacial score (nSPS) is 19.0. The van der Waals surface area contributed by atoms with Crippen molar-refractivity contribution in [2.45, 2.75) is 68.8 Å².